The molecular formula is C19H16F4N4O3S2. The summed E-state index contributed by atoms with van der Waals surface area (Å²) in [7, 11) is -3.97. The van der Waals surface area contributed by atoms with Gasteiger partial charge in [0.2, 0.25) is 10.0 Å². The number of halogens is 4. The Morgan fingerprint density at radius 3 is 2.06 bits per heavy atom. The minimum Gasteiger partial charge on any atom is -0.308 e. The van der Waals surface area contributed by atoms with Crippen molar-refractivity contribution in [3.8, 4) is 10.4 Å². The first-order chi connectivity index (χ1) is 14.9. The van der Waals surface area contributed by atoms with Crippen LogP contribution in [0.15, 0.2) is 54.7 Å². The van der Waals surface area contributed by atoms with Crippen molar-refractivity contribution >= 4 is 38.8 Å². The molecule has 7 nitrogen and oxygen atoms in total. The summed E-state index contributed by atoms with van der Waals surface area (Å²) in [5, 5.41) is 5.26. The van der Waals surface area contributed by atoms with Crippen molar-refractivity contribution in [2.75, 3.05) is 16.9 Å². The van der Waals surface area contributed by atoms with E-state index in [4.69, 9.17) is 0 Å². The number of aromatic nitrogens is 1. The zero-order chi connectivity index (χ0) is 23.5. The standard InChI is InChI=1S/C19H16F4N4O3S2/c1-32(29,30)27(23)11-17-24-10-16(31-17)12-2-6-14(7-3-12)25-18(28)26-15-8-4-13(5-9-15)19(20,21)22/h2-10H,11H2,1H3,(H2,25,26,28). The molecule has 2 amide bonds. The maximum absolute atomic E-state index is 13.5. The van der Waals surface area contributed by atoms with E-state index in [9.17, 15) is 30.9 Å². The van der Waals surface area contributed by atoms with E-state index in [1.807, 2.05) is 0 Å². The summed E-state index contributed by atoms with van der Waals surface area (Å²) in [6, 6.07) is 9.94. The van der Waals surface area contributed by atoms with Crippen LogP contribution in [-0.2, 0) is 22.7 Å². The van der Waals surface area contributed by atoms with Crippen LogP contribution in [0.3, 0.4) is 0 Å². The Balaban J connectivity index is 1.59. The lowest BCUT2D eigenvalue weighted by Crippen LogP contribution is -2.20. The first-order valence-electron chi connectivity index (χ1n) is 8.86. The highest BCUT2D eigenvalue weighted by atomic mass is 32.2. The van der Waals surface area contributed by atoms with Gasteiger partial charge in [-0.15, -0.1) is 15.8 Å². The number of urea groups is 1. The van der Waals surface area contributed by atoms with Gasteiger partial charge < -0.3 is 10.6 Å². The van der Waals surface area contributed by atoms with Crippen LogP contribution in [0.5, 0.6) is 0 Å². The molecule has 0 radical (unpaired) electrons. The third-order valence-corrected chi connectivity index (χ3v) is 5.95. The van der Waals surface area contributed by atoms with Crippen LogP contribution in [0, 0.1) is 0 Å². The highest BCUT2D eigenvalue weighted by Gasteiger charge is 2.30. The number of carbonyl (C=O) groups excluding carboxylic acids is 1. The van der Waals surface area contributed by atoms with Crippen LogP contribution in [-0.4, -0.2) is 30.2 Å². The molecular weight excluding hydrogens is 472 g/mol. The van der Waals surface area contributed by atoms with Crippen molar-refractivity contribution in [3.05, 3.63) is 65.3 Å². The summed E-state index contributed by atoms with van der Waals surface area (Å²) in [6.07, 6.45) is -2.23. The smallest absolute Gasteiger partial charge is 0.308 e. The lowest BCUT2D eigenvalue weighted by Gasteiger charge is -2.10. The van der Waals surface area contributed by atoms with Crippen LogP contribution in [0.4, 0.5) is 33.8 Å². The average molecular weight is 488 g/mol. The second-order valence-electron chi connectivity index (χ2n) is 6.56. The van der Waals surface area contributed by atoms with Crippen LogP contribution in [0.1, 0.15) is 10.6 Å². The second-order valence-corrected chi connectivity index (χ2v) is 9.54. The largest absolute Gasteiger partial charge is 0.416 e. The van der Waals surface area contributed by atoms with Crippen LogP contribution < -0.4 is 10.6 Å². The number of alkyl halides is 3. The number of rotatable bonds is 6. The number of nitrogens with zero attached hydrogens (tertiary/aromatic N) is 2. The quantitative estimate of drug-likeness (QED) is 0.372. The molecule has 0 atom stereocenters. The topological polar surface area (TPSA) is 91.4 Å². The molecule has 0 unspecified atom stereocenters. The molecule has 32 heavy (non-hydrogen) atoms. The number of benzene rings is 2. The highest BCUT2D eigenvalue weighted by molar-refractivity contribution is 7.88. The highest BCUT2D eigenvalue weighted by Crippen LogP contribution is 2.30. The summed E-state index contributed by atoms with van der Waals surface area (Å²) >= 11 is 1.12. The Morgan fingerprint density at radius 1 is 1.03 bits per heavy atom. The number of thiazole rings is 1. The number of carbonyl (C=O) groups is 1. The molecule has 0 aliphatic heterocycles. The molecule has 2 aromatic carbocycles. The van der Waals surface area contributed by atoms with Crippen molar-refractivity contribution in [2.24, 2.45) is 0 Å². The zero-order valence-electron chi connectivity index (χ0n) is 16.4. The van der Waals surface area contributed by atoms with Gasteiger partial charge in [0.05, 0.1) is 23.2 Å². The molecule has 1 aromatic heterocycles. The SMILES string of the molecule is CS(=O)(=O)N(F)Cc1ncc(-c2ccc(NC(=O)Nc3ccc(C(F)(F)F)cc3)cc2)s1. The first-order valence-corrected chi connectivity index (χ1v) is 11.5. The van der Waals surface area contributed by atoms with E-state index in [-0.39, 0.29) is 15.2 Å². The molecule has 0 saturated heterocycles. The maximum Gasteiger partial charge on any atom is 0.416 e. The molecule has 0 spiro atoms. The molecule has 0 aliphatic rings. The second kappa shape index (κ2) is 9.22. The van der Waals surface area contributed by atoms with Gasteiger partial charge in [0.1, 0.15) is 5.01 Å². The lowest BCUT2D eigenvalue weighted by atomic mass is 10.2. The molecule has 0 bridgehead atoms. The normalized spacial score (nSPS) is 12.1. The molecule has 1 heterocycles. The molecule has 170 valence electrons. The van der Waals surface area contributed by atoms with Gasteiger partial charge in [0.25, 0.3) is 0 Å². The fraction of sp³-hybridized carbons (Fsp3) is 0.158. The van der Waals surface area contributed by atoms with Crippen molar-refractivity contribution in [1.29, 1.82) is 0 Å². The summed E-state index contributed by atoms with van der Waals surface area (Å²) in [6.45, 7) is -0.493. The Hall–Kier alpha value is -3.03. The average Bonchev–Trinajstić information content (AvgIpc) is 3.16. The monoisotopic (exact) mass is 488 g/mol. The van der Waals surface area contributed by atoms with E-state index in [1.165, 1.54) is 6.20 Å². The molecule has 0 saturated carbocycles. The van der Waals surface area contributed by atoms with E-state index >= 15 is 0 Å². The van der Waals surface area contributed by atoms with Gasteiger partial charge in [-0.2, -0.15) is 13.2 Å². The summed E-state index contributed by atoms with van der Waals surface area (Å²) in [5.74, 6) is 0. The zero-order valence-corrected chi connectivity index (χ0v) is 18.0. The number of sulfonamides is 1. The predicted octanol–water partition coefficient (Wildman–Crippen LogP) is 5.12. The Labute approximate surface area is 184 Å². The van der Waals surface area contributed by atoms with E-state index < -0.39 is 34.3 Å². The van der Waals surface area contributed by atoms with Gasteiger partial charge in [-0.1, -0.05) is 12.1 Å². The van der Waals surface area contributed by atoms with E-state index in [0.717, 1.165) is 41.9 Å². The van der Waals surface area contributed by atoms with Crippen LogP contribution in [0.2, 0.25) is 0 Å². The fourth-order valence-electron chi connectivity index (χ4n) is 2.49. The van der Waals surface area contributed by atoms with Crippen molar-refractivity contribution in [2.45, 2.75) is 12.7 Å². The van der Waals surface area contributed by atoms with Gasteiger partial charge in [0.15, 0.2) is 0 Å². The molecule has 3 aromatic rings. The minimum atomic E-state index is -4.46. The molecule has 0 aliphatic carbocycles. The minimum absolute atomic E-state index is 0.195. The number of nitrogens with one attached hydrogen (secondary N) is 2. The summed E-state index contributed by atoms with van der Waals surface area (Å²) in [5.41, 5.74) is 0.517. The molecule has 13 heteroatoms. The van der Waals surface area contributed by atoms with Crippen LogP contribution >= 0.6 is 11.3 Å². The van der Waals surface area contributed by atoms with Gasteiger partial charge >= 0.3 is 12.2 Å². The third-order valence-electron chi connectivity index (χ3n) is 4.07. The molecule has 2 N–H and O–H groups in total. The maximum atomic E-state index is 13.5. The fourth-order valence-corrected chi connectivity index (χ4v) is 3.83. The Kier molecular flexibility index (Phi) is 6.81. The van der Waals surface area contributed by atoms with Crippen LogP contribution in [0.25, 0.3) is 10.4 Å². The van der Waals surface area contributed by atoms with E-state index in [2.05, 4.69) is 15.6 Å². The predicted molar refractivity (Wildman–Crippen MR) is 113 cm³/mol. The summed E-state index contributed by atoms with van der Waals surface area (Å²) < 4.78 is 73.3. The molecule has 3 rings (SSSR count). The lowest BCUT2D eigenvalue weighted by molar-refractivity contribution is -0.137. The Bertz CT molecular complexity index is 1190. The third kappa shape index (κ3) is 6.24. The number of hydrogen-bond donors (Lipinski definition) is 2. The van der Waals surface area contributed by atoms with Crippen molar-refractivity contribution in [3.63, 3.8) is 0 Å². The first kappa shape index (κ1) is 23.6. The Morgan fingerprint density at radius 2 is 1.56 bits per heavy atom. The van der Waals surface area contributed by atoms with E-state index in [1.54, 1.807) is 24.3 Å². The van der Waals surface area contributed by atoms with Crippen molar-refractivity contribution < 1.29 is 30.9 Å². The van der Waals surface area contributed by atoms with Gasteiger partial charge in [0, 0.05) is 17.6 Å². The summed E-state index contributed by atoms with van der Waals surface area (Å²) in [4.78, 5) is 16.7. The number of hydrogen-bond acceptors (Lipinski definition) is 5. The molecule has 0 fully saturated rings. The number of anilines is 2. The number of amides is 2. The van der Waals surface area contributed by atoms with Crippen molar-refractivity contribution in [1.82, 2.24) is 9.51 Å². The van der Waals surface area contributed by atoms with Gasteiger partial charge in [-0.05, 0) is 46.5 Å². The van der Waals surface area contributed by atoms with Gasteiger partial charge in [-0.25, -0.2) is 18.2 Å². The van der Waals surface area contributed by atoms with E-state index in [0.29, 0.717) is 16.1 Å². The van der Waals surface area contributed by atoms with Gasteiger partial charge in [-0.3, -0.25) is 0 Å².